The lowest BCUT2D eigenvalue weighted by Crippen LogP contribution is -2.23. The zero-order chi connectivity index (χ0) is 14.3. The number of amides is 1. The maximum atomic E-state index is 10.9. The number of aliphatic hydroxyl groups excluding tert-OH is 1. The summed E-state index contributed by atoms with van der Waals surface area (Å²) in [7, 11) is 0. The van der Waals surface area contributed by atoms with Gasteiger partial charge in [-0.25, -0.2) is 0 Å². The Labute approximate surface area is 115 Å². The molecule has 4 nitrogen and oxygen atoms in total. The van der Waals surface area contributed by atoms with Crippen LogP contribution in [0, 0.1) is 5.92 Å². The van der Waals surface area contributed by atoms with Crippen LogP contribution < -0.4 is 10.6 Å². The highest BCUT2D eigenvalue weighted by Gasteiger charge is 2.05. The average Bonchev–Trinajstić information content (AvgIpc) is 2.29. The van der Waals surface area contributed by atoms with Crippen molar-refractivity contribution in [3.8, 4) is 0 Å². The van der Waals surface area contributed by atoms with Crippen LogP contribution in [-0.4, -0.2) is 23.7 Å². The molecule has 0 saturated carbocycles. The number of nitrogens with one attached hydrogen (secondary N) is 2. The summed E-state index contributed by atoms with van der Waals surface area (Å²) in [6.45, 7) is 7.12. The molecule has 2 unspecified atom stereocenters. The van der Waals surface area contributed by atoms with Crippen molar-refractivity contribution in [2.45, 2.75) is 39.8 Å². The number of hydrogen-bond donors (Lipinski definition) is 3. The first-order valence-corrected chi connectivity index (χ1v) is 6.72. The van der Waals surface area contributed by atoms with E-state index >= 15 is 0 Å². The maximum absolute atomic E-state index is 10.9. The van der Waals surface area contributed by atoms with Gasteiger partial charge in [-0.1, -0.05) is 19.1 Å². The van der Waals surface area contributed by atoms with Crippen LogP contribution in [0.5, 0.6) is 0 Å². The molecule has 1 amide bonds. The number of aliphatic hydroxyl groups is 1. The van der Waals surface area contributed by atoms with Gasteiger partial charge in [0.1, 0.15) is 0 Å². The normalized spacial score (nSPS) is 13.9. The fourth-order valence-electron chi connectivity index (χ4n) is 2.04. The molecule has 0 aliphatic rings. The van der Waals surface area contributed by atoms with Crippen LogP contribution in [0.3, 0.4) is 0 Å². The Bertz CT molecular complexity index is 388. The van der Waals surface area contributed by atoms with Crippen LogP contribution in [0.1, 0.15) is 32.8 Å². The van der Waals surface area contributed by atoms with E-state index < -0.39 is 0 Å². The molecule has 0 heterocycles. The molecular formula is C15H24N2O2. The molecule has 0 aliphatic heterocycles. The monoisotopic (exact) mass is 264 g/mol. The number of benzene rings is 1. The molecule has 106 valence electrons. The number of rotatable bonds is 7. The quantitative estimate of drug-likeness (QED) is 0.707. The maximum Gasteiger partial charge on any atom is 0.221 e. The van der Waals surface area contributed by atoms with Crippen LogP contribution in [-0.2, 0) is 11.3 Å². The summed E-state index contributed by atoms with van der Waals surface area (Å²) >= 11 is 0. The van der Waals surface area contributed by atoms with Gasteiger partial charge in [-0.3, -0.25) is 4.79 Å². The van der Waals surface area contributed by atoms with E-state index in [4.69, 9.17) is 0 Å². The van der Waals surface area contributed by atoms with Gasteiger partial charge >= 0.3 is 0 Å². The number of hydrogen-bond acceptors (Lipinski definition) is 3. The summed E-state index contributed by atoms with van der Waals surface area (Å²) in [6, 6.07) is 7.80. The summed E-state index contributed by atoms with van der Waals surface area (Å²) in [5.41, 5.74) is 2.00. The number of carbonyl (C=O) groups excluding carboxylic acids is 1. The van der Waals surface area contributed by atoms with Gasteiger partial charge in [0.25, 0.3) is 0 Å². The second kappa shape index (κ2) is 7.92. The average molecular weight is 264 g/mol. The van der Waals surface area contributed by atoms with Gasteiger partial charge in [-0.15, -0.1) is 0 Å². The van der Waals surface area contributed by atoms with E-state index in [9.17, 15) is 9.90 Å². The molecule has 0 spiro atoms. The Kier molecular flexibility index (Phi) is 6.53. The zero-order valence-corrected chi connectivity index (χ0v) is 11.9. The summed E-state index contributed by atoms with van der Waals surface area (Å²) in [4.78, 5) is 10.9. The van der Waals surface area contributed by atoms with Crippen molar-refractivity contribution in [1.82, 2.24) is 5.32 Å². The first-order valence-electron chi connectivity index (χ1n) is 6.72. The molecule has 0 saturated heterocycles. The van der Waals surface area contributed by atoms with Crippen LogP contribution in [0.25, 0.3) is 0 Å². The molecular weight excluding hydrogens is 240 g/mol. The Hall–Kier alpha value is -1.39. The van der Waals surface area contributed by atoms with Gasteiger partial charge in [0.15, 0.2) is 0 Å². The van der Waals surface area contributed by atoms with Crippen molar-refractivity contribution in [2.75, 3.05) is 11.9 Å². The van der Waals surface area contributed by atoms with E-state index in [0.717, 1.165) is 25.2 Å². The topological polar surface area (TPSA) is 61.4 Å². The molecule has 0 radical (unpaired) electrons. The number of anilines is 1. The lowest BCUT2D eigenvalue weighted by molar-refractivity contribution is -0.114. The van der Waals surface area contributed by atoms with Crippen molar-refractivity contribution in [2.24, 2.45) is 5.92 Å². The van der Waals surface area contributed by atoms with Crippen molar-refractivity contribution in [1.29, 1.82) is 0 Å². The highest BCUT2D eigenvalue weighted by Crippen LogP contribution is 2.10. The van der Waals surface area contributed by atoms with Gasteiger partial charge in [0.05, 0.1) is 6.10 Å². The summed E-state index contributed by atoms with van der Waals surface area (Å²) in [5.74, 6) is 0.400. The van der Waals surface area contributed by atoms with Crippen molar-refractivity contribution < 1.29 is 9.90 Å². The van der Waals surface area contributed by atoms with Gasteiger partial charge in [-0.05, 0) is 43.5 Å². The van der Waals surface area contributed by atoms with Crippen LogP contribution in [0.4, 0.5) is 5.69 Å². The Morgan fingerprint density at radius 3 is 2.42 bits per heavy atom. The van der Waals surface area contributed by atoms with Gasteiger partial charge < -0.3 is 15.7 Å². The first-order chi connectivity index (χ1) is 8.97. The molecule has 19 heavy (non-hydrogen) atoms. The van der Waals surface area contributed by atoms with Crippen LogP contribution in [0.2, 0.25) is 0 Å². The molecule has 0 aromatic heterocycles. The molecule has 0 aliphatic carbocycles. The minimum Gasteiger partial charge on any atom is -0.393 e. The fraction of sp³-hybridized carbons (Fsp3) is 0.533. The zero-order valence-electron chi connectivity index (χ0n) is 11.9. The van der Waals surface area contributed by atoms with E-state index in [-0.39, 0.29) is 12.0 Å². The summed E-state index contributed by atoms with van der Waals surface area (Å²) in [5, 5.41) is 15.4. The Morgan fingerprint density at radius 1 is 1.26 bits per heavy atom. The van der Waals surface area contributed by atoms with Crippen molar-refractivity contribution >= 4 is 11.6 Å². The lowest BCUT2D eigenvalue weighted by Gasteiger charge is -2.14. The molecule has 4 heteroatoms. The second-order valence-corrected chi connectivity index (χ2v) is 5.20. The minimum atomic E-state index is -0.242. The highest BCUT2D eigenvalue weighted by atomic mass is 16.3. The SMILES string of the molecule is CC(=O)Nc1ccc(CNCC(C)CC(C)O)cc1. The predicted molar refractivity (Wildman–Crippen MR) is 77.9 cm³/mol. The predicted octanol–water partition coefficient (Wildman–Crippen LogP) is 2.14. The van der Waals surface area contributed by atoms with Gasteiger partial charge in [0.2, 0.25) is 5.91 Å². The van der Waals surface area contributed by atoms with E-state index in [0.29, 0.717) is 5.92 Å². The van der Waals surface area contributed by atoms with E-state index in [1.54, 1.807) is 0 Å². The van der Waals surface area contributed by atoms with E-state index in [1.807, 2.05) is 31.2 Å². The smallest absolute Gasteiger partial charge is 0.221 e. The third kappa shape index (κ3) is 6.94. The largest absolute Gasteiger partial charge is 0.393 e. The third-order valence-corrected chi connectivity index (χ3v) is 2.84. The highest BCUT2D eigenvalue weighted by molar-refractivity contribution is 5.88. The first kappa shape index (κ1) is 15.7. The summed E-state index contributed by atoms with van der Waals surface area (Å²) < 4.78 is 0. The lowest BCUT2D eigenvalue weighted by atomic mass is 10.0. The molecule has 0 bridgehead atoms. The fourth-order valence-corrected chi connectivity index (χ4v) is 2.04. The van der Waals surface area contributed by atoms with Crippen molar-refractivity contribution in [3.05, 3.63) is 29.8 Å². The molecule has 1 aromatic rings. The van der Waals surface area contributed by atoms with Crippen molar-refractivity contribution in [3.63, 3.8) is 0 Å². The minimum absolute atomic E-state index is 0.0576. The van der Waals surface area contributed by atoms with Crippen LogP contribution in [0.15, 0.2) is 24.3 Å². The second-order valence-electron chi connectivity index (χ2n) is 5.20. The molecule has 1 aromatic carbocycles. The summed E-state index contributed by atoms with van der Waals surface area (Å²) in [6.07, 6.45) is 0.572. The third-order valence-electron chi connectivity index (χ3n) is 2.84. The van der Waals surface area contributed by atoms with Crippen LogP contribution >= 0.6 is 0 Å². The van der Waals surface area contributed by atoms with Gasteiger partial charge in [0, 0.05) is 19.2 Å². The van der Waals surface area contributed by atoms with Gasteiger partial charge in [-0.2, -0.15) is 0 Å². The number of carbonyl (C=O) groups is 1. The molecule has 0 fully saturated rings. The standard InChI is InChI=1S/C15H24N2O2/c1-11(8-12(2)18)9-16-10-14-4-6-15(7-5-14)17-13(3)19/h4-7,11-12,16,18H,8-10H2,1-3H3,(H,17,19). The Balaban J connectivity index is 2.31. The van der Waals surface area contributed by atoms with E-state index in [1.165, 1.54) is 12.5 Å². The molecule has 1 rings (SSSR count). The Morgan fingerprint density at radius 2 is 1.89 bits per heavy atom. The molecule has 2 atom stereocenters. The van der Waals surface area contributed by atoms with E-state index in [2.05, 4.69) is 17.6 Å². The molecule has 3 N–H and O–H groups in total.